The molecule has 0 aromatic heterocycles. The van der Waals surface area contributed by atoms with Crippen LogP contribution >= 0.6 is 0 Å². The van der Waals surface area contributed by atoms with Crippen LogP contribution in [0, 0.1) is 0 Å². The van der Waals surface area contributed by atoms with Crippen LogP contribution in [-0.4, -0.2) is 52.9 Å². The minimum absolute atomic E-state index is 0.0547. The molecular weight excluding hydrogens is 382 g/mol. The third-order valence-electron chi connectivity index (χ3n) is 3.94. The summed E-state index contributed by atoms with van der Waals surface area (Å²) in [6.45, 7) is -0.0340. The summed E-state index contributed by atoms with van der Waals surface area (Å²) in [5, 5.41) is 2.53. The van der Waals surface area contributed by atoms with Crippen molar-refractivity contribution in [2.75, 3.05) is 27.7 Å². The molecular formula is C19H23N3O5S. The van der Waals surface area contributed by atoms with E-state index < -0.39 is 10.0 Å². The van der Waals surface area contributed by atoms with Gasteiger partial charge >= 0.3 is 0 Å². The second-order valence-electron chi connectivity index (χ2n) is 6.14. The lowest BCUT2D eigenvalue weighted by Gasteiger charge is -2.12. The van der Waals surface area contributed by atoms with Gasteiger partial charge in [0, 0.05) is 26.2 Å². The van der Waals surface area contributed by atoms with Crippen LogP contribution in [0.2, 0.25) is 0 Å². The number of nitrogens with one attached hydrogen (secondary N) is 2. The Labute approximate surface area is 164 Å². The Morgan fingerprint density at radius 2 is 1.68 bits per heavy atom. The normalized spacial score (nSPS) is 11.0. The molecule has 0 bridgehead atoms. The van der Waals surface area contributed by atoms with E-state index in [9.17, 15) is 18.0 Å². The van der Waals surface area contributed by atoms with Gasteiger partial charge in [-0.3, -0.25) is 9.59 Å². The fourth-order valence-corrected chi connectivity index (χ4v) is 3.47. The standard InChI is InChI=1S/C19H23N3O5S/c1-22(2)18(23)13-20-19(24)15-10-8-14(9-11-15)12-21-28(25,26)17-7-5-4-6-16(17)27-3/h4-11,21H,12-13H2,1-3H3,(H,20,24). The Hall–Kier alpha value is -2.91. The van der Waals surface area contributed by atoms with E-state index in [1.54, 1.807) is 56.6 Å². The Morgan fingerprint density at radius 1 is 1.04 bits per heavy atom. The fourth-order valence-electron chi connectivity index (χ4n) is 2.29. The van der Waals surface area contributed by atoms with Crippen LogP contribution < -0.4 is 14.8 Å². The zero-order valence-electron chi connectivity index (χ0n) is 15.9. The molecule has 0 fully saturated rings. The molecule has 0 saturated heterocycles. The number of methoxy groups -OCH3 is 1. The molecule has 150 valence electrons. The molecule has 0 unspecified atom stereocenters. The van der Waals surface area contributed by atoms with Crippen molar-refractivity contribution in [2.24, 2.45) is 0 Å². The number of hydrogen-bond donors (Lipinski definition) is 2. The van der Waals surface area contributed by atoms with Crippen molar-refractivity contribution in [3.05, 3.63) is 59.7 Å². The summed E-state index contributed by atoms with van der Waals surface area (Å²) in [6.07, 6.45) is 0. The largest absolute Gasteiger partial charge is 0.495 e. The summed E-state index contributed by atoms with van der Waals surface area (Å²) in [6, 6.07) is 12.8. The Kier molecular flexibility index (Phi) is 7.13. The van der Waals surface area contributed by atoms with Gasteiger partial charge in [0.1, 0.15) is 10.6 Å². The summed E-state index contributed by atoms with van der Waals surface area (Å²) in [5.41, 5.74) is 1.06. The van der Waals surface area contributed by atoms with Gasteiger partial charge in [0.15, 0.2) is 0 Å². The lowest BCUT2D eigenvalue weighted by atomic mass is 10.1. The van der Waals surface area contributed by atoms with Crippen molar-refractivity contribution in [3.8, 4) is 5.75 Å². The molecule has 2 N–H and O–H groups in total. The van der Waals surface area contributed by atoms with Crippen molar-refractivity contribution < 1.29 is 22.7 Å². The average molecular weight is 405 g/mol. The lowest BCUT2D eigenvalue weighted by Crippen LogP contribution is -2.36. The molecule has 0 saturated carbocycles. The van der Waals surface area contributed by atoms with Crippen molar-refractivity contribution >= 4 is 21.8 Å². The van der Waals surface area contributed by atoms with E-state index >= 15 is 0 Å². The molecule has 8 nitrogen and oxygen atoms in total. The second-order valence-corrected chi connectivity index (χ2v) is 7.88. The van der Waals surface area contributed by atoms with Crippen LogP contribution in [0.3, 0.4) is 0 Å². The number of carbonyl (C=O) groups excluding carboxylic acids is 2. The molecule has 28 heavy (non-hydrogen) atoms. The first kappa shape index (κ1) is 21.4. The molecule has 0 spiro atoms. The van der Waals surface area contributed by atoms with Crippen molar-refractivity contribution in [1.82, 2.24) is 14.9 Å². The minimum atomic E-state index is -3.75. The molecule has 0 heterocycles. The first-order valence-electron chi connectivity index (χ1n) is 8.44. The van der Waals surface area contributed by atoms with E-state index in [2.05, 4.69) is 10.0 Å². The topological polar surface area (TPSA) is 105 Å². The van der Waals surface area contributed by atoms with Crippen LogP contribution in [0.5, 0.6) is 5.75 Å². The van der Waals surface area contributed by atoms with Gasteiger partial charge in [-0.05, 0) is 29.8 Å². The summed E-state index contributed by atoms with van der Waals surface area (Å²) in [5.74, 6) is -0.332. The monoisotopic (exact) mass is 405 g/mol. The number of nitrogens with zero attached hydrogens (tertiary/aromatic N) is 1. The first-order chi connectivity index (χ1) is 13.2. The van der Waals surface area contributed by atoms with Gasteiger partial charge in [0.05, 0.1) is 13.7 Å². The molecule has 0 radical (unpaired) electrons. The van der Waals surface area contributed by atoms with Crippen molar-refractivity contribution in [1.29, 1.82) is 0 Å². The molecule has 2 rings (SSSR count). The molecule has 2 aromatic carbocycles. The van der Waals surface area contributed by atoms with Crippen LogP contribution in [0.1, 0.15) is 15.9 Å². The van der Waals surface area contributed by atoms with Crippen LogP contribution in [-0.2, 0) is 21.4 Å². The fraction of sp³-hybridized carbons (Fsp3) is 0.263. The van der Waals surface area contributed by atoms with Crippen LogP contribution in [0.25, 0.3) is 0 Å². The molecule has 0 aliphatic heterocycles. The number of para-hydroxylation sites is 1. The van der Waals surface area contributed by atoms with Gasteiger partial charge in [-0.2, -0.15) is 0 Å². The highest BCUT2D eigenvalue weighted by Gasteiger charge is 2.18. The van der Waals surface area contributed by atoms with Gasteiger partial charge in [-0.1, -0.05) is 24.3 Å². The average Bonchev–Trinajstić information content (AvgIpc) is 2.70. The third kappa shape index (κ3) is 5.54. The Morgan fingerprint density at radius 3 is 2.29 bits per heavy atom. The number of ether oxygens (including phenoxy) is 1. The van der Waals surface area contributed by atoms with Crippen molar-refractivity contribution in [2.45, 2.75) is 11.4 Å². The number of sulfonamides is 1. The maximum Gasteiger partial charge on any atom is 0.251 e. The van der Waals surface area contributed by atoms with E-state index in [-0.39, 0.29) is 35.5 Å². The quantitative estimate of drug-likeness (QED) is 0.682. The van der Waals surface area contributed by atoms with E-state index in [4.69, 9.17) is 4.74 Å². The summed E-state index contributed by atoms with van der Waals surface area (Å²) >= 11 is 0. The van der Waals surface area contributed by atoms with E-state index in [0.29, 0.717) is 11.1 Å². The summed E-state index contributed by atoms with van der Waals surface area (Å²) < 4.78 is 32.5. The van der Waals surface area contributed by atoms with Crippen LogP contribution in [0.4, 0.5) is 0 Å². The van der Waals surface area contributed by atoms with E-state index in [0.717, 1.165) is 0 Å². The highest BCUT2D eigenvalue weighted by Crippen LogP contribution is 2.22. The maximum atomic E-state index is 12.5. The zero-order valence-corrected chi connectivity index (χ0v) is 16.7. The predicted octanol–water partition coefficient (Wildman–Crippen LogP) is 0.992. The first-order valence-corrected chi connectivity index (χ1v) is 9.93. The third-order valence-corrected chi connectivity index (χ3v) is 5.38. The zero-order chi connectivity index (χ0) is 20.7. The molecule has 2 amide bonds. The highest BCUT2D eigenvalue weighted by atomic mass is 32.2. The Bertz CT molecular complexity index is 940. The minimum Gasteiger partial charge on any atom is -0.495 e. The van der Waals surface area contributed by atoms with E-state index in [1.807, 2.05) is 0 Å². The number of hydrogen-bond acceptors (Lipinski definition) is 5. The molecule has 0 atom stereocenters. The van der Waals surface area contributed by atoms with Gasteiger partial charge in [0.2, 0.25) is 15.9 Å². The van der Waals surface area contributed by atoms with Gasteiger partial charge in [0.25, 0.3) is 5.91 Å². The molecule has 0 aliphatic carbocycles. The van der Waals surface area contributed by atoms with Crippen molar-refractivity contribution in [3.63, 3.8) is 0 Å². The number of amides is 2. The van der Waals surface area contributed by atoms with E-state index in [1.165, 1.54) is 18.1 Å². The number of rotatable bonds is 8. The number of carbonyl (C=O) groups is 2. The summed E-state index contributed by atoms with van der Waals surface area (Å²) in [4.78, 5) is 25.0. The molecule has 2 aromatic rings. The summed E-state index contributed by atoms with van der Waals surface area (Å²) in [7, 11) is 0.870. The highest BCUT2D eigenvalue weighted by molar-refractivity contribution is 7.89. The van der Waals surface area contributed by atoms with Crippen LogP contribution in [0.15, 0.2) is 53.4 Å². The predicted molar refractivity (Wildman–Crippen MR) is 104 cm³/mol. The number of likely N-dealkylation sites (N-methyl/N-ethyl adjacent to an activating group) is 1. The van der Waals surface area contributed by atoms with Gasteiger partial charge in [-0.15, -0.1) is 0 Å². The maximum absolute atomic E-state index is 12.5. The molecule has 0 aliphatic rings. The second kappa shape index (κ2) is 9.34. The van der Waals surface area contributed by atoms with Gasteiger partial charge < -0.3 is 15.0 Å². The Balaban J connectivity index is 1.99. The smallest absolute Gasteiger partial charge is 0.251 e. The molecule has 9 heteroatoms. The SMILES string of the molecule is COc1ccccc1S(=O)(=O)NCc1ccc(C(=O)NCC(=O)N(C)C)cc1. The lowest BCUT2D eigenvalue weighted by molar-refractivity contribution is -0.127. The van der Waals surface area contributed by atoms with Gasteiger partial charge in [-0.25, -0.2) is 13.1 Å². The number of benzene rings is 2.